The van der Waals surface area contributed by atoms with E-state index in [0.29, 0.717) is 23.1 Å². The minimum absolute atomic E-state index is 0.0916. The van der Waals surface area contributed by atoms with Gasteiger partial charge in [-0.15, -0.1) is 6.58 Å². The average Bonchev–Trinajstić information content (AvgIpc) is 2.91. The van der Waals surface area contributed by atoms with Crippen LogP contribution in [0.15, 0.2) is 67.4 Å². The Morgan fingerprint density at radius 1 is 1.12 bits per heavy atom. The van der Waals surface area contributed by atoms with Gasteiger partial charge in [0.1, 0.15) is 17.6 Å². The molecule has 2 aromatic carbocycles. The molecule has 3 aliphatic heterocycles. The normalized spacial score (nSPS) is 24.4. The predicted octanol–water partition coefficient (Wildman–Crippen LogP) is 5.05. The van der Waals surface area contributed by atoms with Crippen LogP contribution >= 0.6 is 0 Å². The summed E-state index contributed by atoms with van der Waals surface area (Å²) in [5, 5.41) is 0.942. The number of esters is 1. The van der Waals surface area contributed by atoms with E-state index < -0.39 is 6.10 Å². The van der Waals surface area contributed by atoms with Crippen LogP contribution in [0.2, 0.25) is 0 Å². The lowest BCUT2D eigenvalue weighted by Crippen LogP contribution is -2.55. The Morgan fingerprint density at radius 2 is 1.88 bits per heavy atom. The number of hydrogen-bond donors (Lipinski definition) is 0. The van der Waals surface area contributed by atoms with Crippen molar-refractivity contribution < 1.29 is 19.0 Å². The minimum atomic E-state index is -0.430. The van der Waals surface area contributed by atoms with Gasteiger partial charge in [-0.3, -0.25) is 9.88 Å². The summed E-state index contributed by atoms with van der Waals surface area (Å²) in [5.74, 6) is 2.14. The highest BCUT2D eigenvalue weighted by Crippen LogP contribution is 2.44. The number of pyridine rings is 1. The highest BCUT2D eigenvalue weighted by Gasteiger charge is 2.44. The number of carbonyl (C=O) groups is 1. The summed E-state index contributed by atoms with van der Waals surface area (Å²) in [6.07, 6.45) is 5.56. The highest BCUT2D eigenvalue weighted by molar-refractivity contribution is 5.90. The molecular formula is C28H30N2O4. The summed E-state index contributed by atoms with van der Waals surface area (Å²) in [4.78, 5) is 20.3. The molecule has 4 heterocycles. The van der Waals surface area contributed by atoms with E-state index in [1.54, 1.807) is 44.7 Å². The molecule has 6 rings (SSSR count). The van der Waals surface area contributed by atoms with E-state index in [-0.39, 0.29) is 12.0 Å². The fourth-order valence-corrected chi connectivity index (χ4v) is 5.47. The standard InChI is InChI=1S/C28H30N2O4/c1-4-18-17-30-14-12-20(18)15-26(30)27(34-28(31)19-5-7-21(32-2)8-6-19)23-11-13-29-25-10-9-22(33-3)16-24(23)25/h4-11,13,16,18,20,26-27H,1,12,14-15,17H2,2-3H3/t18-,20-,26-,27-/m0/s1. The molecule has 5 atom stereocenters. The maximum atomic E-state index is 13.3. The van der Waals surface area contributed by atoms with Crippen molar-refractivity contribution in [3.63, 3.8) is 0 Å². The Bertz CT molecular complexity index is 1190. The molecule has 2 bridgehead atoms. The number of piperidine rings is 3. The Kier molecular flexibility index (Phi) is 6.24. The van der Waals surface area contributed by atoms with E-state index in [2.05, 4.69) is 22.5 Å². The third-order valence-corrected chi connectivity index (χ3v) is 7.35. The number of aromatic nitrogens is 1. The van der Waals surface area contributed by atoms with Gasteiger partial charge in [-0.05, 0) is 79.8 Å². The van der Waals surface area contributed by atoms with E-state index in [4.69, 9.17) is 14.2 Å². The fourth-order valence-electron chi connectivity index (χ4n) is 5.47. The third kappa shape index (κ3) is 4.14. The molecule has 3 fully saturated rings. The number of carbonyl (C=O) groups excluding carboxylic acids is 1. The van der Waals surface area contributed by atoms with Crippen LogP contribution in [0, 0.1) is 11.8 Å². The summed E-state index contributed by atoms with van der Waals surface area (Å²) < 4.78 is 17.0. The first-order valence-electron chi connectivity index (χ1n) is 11.8. The van der Waals surface area contributed by atoms with Gasteiger partial charge < -0.3 is 14.2 Å². The SMILES string of the molecule is C=C[C@H]1CN2CC[C@H]1C[C@H]2[C@@H](OC(=O)c1ccc(OC)cc1)c1ccnc2ccc(OC)cc12. The van der Waals surface area contributed by atoms with Gasteiger partial charge in [-0.1, -0.05) is 6.08 Å². The number of rotatable bonds is 7. The minimum Gasteiger partial charge on any atom is -0.497 e. The predicted molar refractivity (Wildman–Crippen MR) is 131 cm³/mol. The third-order valence-electron chi connectivity index (χ3n) is 7.35. The number of benzene rings is 2. The summed E-state index contributed by atoms with van der Waals surface area (Å²) in [5.41, 5.74) is 2.31. The van der Waals surface area contributed by atoms with Crippen molar-refractivity contribution in [1.82, 2.24) is 9.88 Å². The molecule has 0 amide bonds. The Balaban J connectivity index is 1.54. The van der Waals surface area contributed by atoms with Gasteiger partial charge in [0, 0.05) is 23.7 Å². The largest absolute Gasteiger partial charge is 0.497 e. The van der Waals surface area contributed by atoms with Crippen LogP contribution in [0.1, 0.15) is 34.9 Å². The van der Waals surface area contributed by atoms with Gasteiger partial charge in [0.15, 0.2) is 0 Å². The van der Waals surface area contributed by atoms with Gasteiger partial charge >= 0.3 is 5.97 Å². The number of ether oxygens (including phenoxy) is 3. The highest BCUT2D eigenvalue weighted by atomic mass is 16.5. The van der Waals surface area contributed by atoms with Gasteiger partial charge in [-0.2, -0.15) is 0 Å². The van der Waals surface area contributed by atoms with Crippen LogP contribution in [0.4, 0.5) is 0 Å². The lowest BCUT2D eigenvalue weighted by Gasteiger charge is -2.51. The Morgan fingerprint density at radius 3 is 2.56 bits per heavy atom. The molecule has 0 spiro atoms. The van der Waals surface area contributed by atoms with Crippen molar-refractivity contribution in [3.8, 4) is 11.5 Å². The van der Waals surface area contributed by atoms with Crippen molar-refractivity contribution in [3.05, 3.63) is 78.5 Å². The van der Waals surface area contributed by atoms with E-state index in [1.165, 1.54) is 0 Å². The molecule has 0 aliphatic carbocycles. The fraction of sp³-hybridized carbons (Fsp3) is 0.357. The molecule has 3 saturated heterocycles. The van der Waals surface area contributed by atoms with E-state index in [0.717, 1.165) is 48.1 Å². The van der Waals surface area contributed by atoms with E-state index in [1.807, 2.05) is 24.3 Å². The zero-order chi connectivity index (χ0) is 23.7. The zero-order valence-electron chi connectivity index (χ0n) is 19.6. The summed E-state index contributed by atoms with van der Waals surface area (Å²) in [7, 11) is 3.26. The van der Waals surface area contributed by atoms with Gasteiger partial charge in [0.25, 0.3) is 0 Å². The lowest BCUT2D eigenvalue weighted by atomic mass is 9.73. The molecule has 0 N–H and O–H groups in total. The molecule has 1 unspecified atom stereocenters. The van der Waals surface area contributed by atoms with Crippen molar-refractivity contribution >= 4 is 16.9 Å². The van der Waals surface area contributed by atoms with Crippen LogP contribution < -0.4 is 9.47 Å². The molecule has 6 heteroatoms. The van der Waals surface area contributed by atoms with Crippen LogP contribution in [0.25, 0.3) is 10.9 Å². The first-order valence-corrected chi connectivity index (χ1v) is 11.8. The average molecular weight is 459 g/mol. The molecule has 0 radical (unpaired) electrons. The van der Waals surface area contributed by atoms with Crippen molar-refractivity contribution in [2.45, 2.75) is 25.0 Å². The molecule has 3 aliphatic rings. The van der Waals surface area contributed by atoms with Crippen molar-refractivity contribution in [2.24, 2.45) is 11.8 Å². The maximum absolute atomic E-state index is 13.3. The van der Waals surface area contributed by atoms with E-state index in [9.17, 15) is 4.79 Å². The number of methoxy groups -OCH3 is 2. The number of nitrogens with zero attached hydrogens (tertiary/aromatic N) is 2. The summed E-state index contributed by atoms with van der Waals surface area (Å²) >= 11 is 0. The molecule has 34 heavy (non-hydrogen) atoms. The molecule has 176 valence electrons. The second-order valence-corrected chi connectivity index (χ2v) is 9.08. The topological polar surface area (TPSA) is 60.9 Å². The molecule has 0 saturated carbocycles. The smallest absolute Gasteiger partial charge is 0.338 e. The summed E-state index contributed by atoms with van der Waals surface area (Å²) in [6.45, 7) is 6.00. The summed E-state index contributed by atoms with van der Waals surface area (Å²) in [6, 6.07) is 14.9. The number of hydrogen-bond acceptors (Lipinski definition) is 6. The lowest BCUT2D eigenvalue weighted by molar-refractivity contribution is -0.0568. The molecule has 1 aromatic heterocycles. The zero-order valence-corrected chi connectivity index (χ0v) is 19.6. The molecule has 6 nitrogen and oxygen atoms in total. The van der Waals surface area contributed by atoms with Crippen LogP contribution in [-0.2, 0) is 4.74 Å². The maximum Gasteiger partial charge on any atom is 0.338 e. The van der Waals surface area contributed by atoms with Gasteiger partial charge in [-0.25, -0.2) is 4.79 Å². The van der Waals surface area contributed by atoms with Crippen molar-refractivity contribution in [2.75, 3.05) is 27.3 Å². The second kappa shape index (κ2) is 9.47. The number of fused-ring (bicyclic) bond motifs is 4. The van der Waals surface area contributed by atoms with Crippen LogP contribution in [-0.4, -0.2) is 49.2 Å². The van der Waals surface area contributed by atoms with Crippen molar-refractivity contribution in [1.29, 1.82) is 0 Å². The Hall–Kier alpha value is -3.38. The first kappa shape index (κ1) is 22.4. The molecular weight excluding hydrogens is 428 g/mol. The second-order valence-electron chi connectivity index (χ2n) is 9.08. The van der Waals surface area contributed by atoms with Crippen LogP contribution in [0.5, 0.6) is 11.5 Å². The van der Waals surface area contributed by atoms with Gasteiger partial charge in [0.05, 0.1) is 31.3 Å². The van der Waals surface area contributed by atoms with Crippen LogP contribution in [0.3, 0.4) is 0 Å². The Labute approximate surface area is 200 Å². The molecule has 3 aromatic rings. The monoisotopic (exact) mass is 458 g/mol. The van der Waals surface area contributed by atoms with E-state index >= 15 is 0 Å². The first-order chi connectivity index (χ1) is 16.6. The van der Waals surface area contributed by atoms with Gasteiger partial charge in [0.2, 0.25) is 0 Å². The quantitative estimate of drug-likeness (QED) is 0.365.